The van der Waals surface area contributed by atoms with Crippen LogP contribution in [-0.4, -0.2) is 25.7 Å². The van der Waals surface area contributed by atoms with E-state index in [9.17, 15) is 0 Å². The molecule has 0 aliphatic carbocycles. The van der Waals surface area contributed by atoms with Crippen LogP contribution < -0.4 is 10.6 Å². The van der Waals surface area contributed by atoms with Crippen LogP contribution in [0.5, 0.6) is 0 Å². The lowest BCUT2D eigenvalue weighted by atomic mass is 9.93. The fourth-order valence-electron chi connectivity index (χ4n) is 3.01. The van der Waals surface area contributed by atoms with Crippen molar-refractivity contribution >= 4 is 0 Å². The van der Waals surface area contributed by atoms with Gasteiger partial charge < -0.3 is 10.6 Å². The SMILES string of the molecule is CCCCC1NCC(C2=CCCNC2)=C1CC. The van der Waals surface area contributed by atoms with Crippen molar-refractivity contribution in [1.82, 2.24) is 10.6 Å². The Morgan fingerprint density at radius 3 is 2.82 bits per heavy atom. The third kappa shape index (κ3) is 2.99. The average Bonchev–Trinajstić information content (AvgIpc) is 2.80. The Kier molecular flexibility index (Phi) is 4.81. The van der Waals surface area contributed by atoms with Crippen molar-refractivity contribution in [2.24, 2.45) is 0 Å². The molecule has 0 aromatic carbocycles. The average molecular weight is 234 g/mol. The van der Waals surface area contributed by atoms with Crippen molar-refractivity contribution in [2.45, 2.75) is 52.0 Å². The minimum absolute atomic E-state index is 0.651. The van der Waals surface area contributed by atoms with E-state index in [1.165, 1.54) is 32.1 Å². The summed E-state index contributed by atoms with van der Waals surface area (Å²) in [5, 5.41) is 7.18. The van der Waals surface area contributed by atoms with Crippen molar-refractivity contribution in [3.63, 3.8) is 0 Å². The molecule has 2 N–H and O–H groups in total. The first-order chi connectivity index (χ1) is 8.36. The number of hydrogen-bond donors (Lipinski definition) is 2. The zero-order chi connectivity index (χ0) is 12.1. The minimum atomic E-state index is 0.651. The molecule has 0 fully saturated rings. The van der Waals surface area contributed by atoms with Gasteiger partial charge in [-0.3, -0.25) is 0 Å². The predicted molar refractivity (Wildman–Crippen MR) is 74.2 cm³/mol. The molecule has 0 bridgehead atoms. The monoisotopic (exact) mass is 234 g/mol. The Labute approximate surface area is 106 Å². The van der Waals surface area contributed by atoms with Crippen LogP contribution >= 0.6 is 0 Å². The van der Waals surface area contributed by atoms with Crippen LogP contribution in [0.3, 0.4) is 0 Å². The summed E-state index contributed by atoms with van der Waals surface area (Å²) < 4.78 is 0. The fraction of sp³-hybridized carbons (Fsp3) is 0.733. The molecule has 2 aliphatic heterocycles. The summed E-state index contributed by atoms with van der Waals surface area (Å²) in [6, 6.07) is 0.651. The third-order valence-electron chi connectivity index (χ3n) is 3.98. The quantitative estimate of drug-likeness (QED) is 0.764. The van der Waals surface area contributed by atoms with E-state index in [4.69, 9.17) is 0 Å². The Morgan fingerprint density at radius 1 is 1.29 bits per heavy atom. The maximum Gasteiger partial charge on any atom is 0.0288 e. The molecule has 1 unspecified atom stereocenters. The molecular weight excluding hydrogens is 208 g/mol. The van der Waals surface area contributed by atoms with E-state index >= 15 is 0 Å². The van der Waals surface area contributed by atoms with Crippen LogP contribution in [0.1, 0.15) is 46.0 Å². The maximum atomic E-state index is 3.70. The number of rotatable bonds is 5. The largest absolute Gasteiger partial charge is 0.312 e. The minimum Gasteiger partial charge on any atom is -0.312 e. The van der Waals surface area contributed by atoms with Gasteiger partial charge >= 0.3 is 0 Å². The fourth-order valence-corrected chi connectivity index (χ4v) is 3.01. The van der Waals surface area contributed by atoms with Crippen LogP contribution in [0.15, 0.2) is 22.8 Å². The second-order valence-corrected chi connectivity index (χ2v) is 5.13. The van der Waals surface area contributed by atoms with E-state index in [0.29, 0.717) is 6.04 Å². The van der Waals surface area contributed by atoms with Gasteiger partial charge in [0.1, 0.15) is 0 Å². The van der Waals surface area contributed by atoms with Gasteiger partial charge in [-0.05, 0) is 42.5 Å². The molecule has 96 valence electrons. The Balaban J connectivity index is 2.10. The lowest BCUT2D eigenvalue weighted by Crippen LogP contribution is -2.25. The normalized spacial score (nSPS) is 25.3. The van der Waals surface area contributed by atoms with E-state index in [2.05, 4.69) is 30.6 Å². The lowest BCUT2D eigenvalue weighted by molar-refractivity contribution is 0.556. The molecule has 1 atom stereocenters. The van der Waals surface area contributed by atoms with Crippen molar-refractivity contribution in [2.75, 3.05) is 19.6 Å². The van der Waals surface area contributed by atoms with Gasteiger partial charge in [0.05, 0.1) is 0 Å². The maximum absolute atomic E-state index is 3.70. The molecule has 0 saturated carbocycles. The highest BCUT2D eigenvalue weighted by atomic mass is 14.9. The lowest BCUT2D eigenvalue weighted by Gasteiger charge is -2.17. The first kappa shape index (κ1) is 12.8. The molecule has 0 saturated heterocycles. The standard InChI is InChI=1S/C15H26N2/c1-3-5-8-15-13(4-2)14(11-17-15)12-7-6-9-16-10-12/h7,15-17H,3-6,8-11H2,1-2H3. The van der Waals surface area contributed by atoms with Crippen molar-refractivity contribution in [3.8, 4) is 0 Å². The number of hydrogen-bond acceptors (Lipinski definition) is 2. The first-order valence-electron chi connectivity index (χ1n) is 7.22. The summed E-state index contributed by atoms with van der Waals surface area (Å²) in [5.41, 5.74) is 4.84. The molecule has 17 heavy (non-hydrogen) atoms. The summed E-state index contributed by atoms with van der Waals surface area (Å²) in [4.78, 5) is 0. The zero-order valence-electron chi connectivity index (χ0n) is 11.3. The molecular formula is C15H26N2. The summed E-state index contributed by atoms with van der Waals surface area (Å²) in [5.74, 6) is 0. The van der Waals surface area contributed by atoms with Crippen molar-refractivity contribution in [3.05, 3.63) is 22.8 Å². The second kappa shape index (κ2) is 6.36. The molecule has 0 radical (unpaired) electrons. The summed E-state index contributed by atoms with van der Waals surface area (Å²) in [7, 11) is 0. The highest BCUT2D eigenvalue weighted by Gasteiger charge is 2.25. The van der Waals surface area contributed by atoms with E-state index in [0.717, 1.165) is 19.6 Å². The summed E-state index contributed by atoms with van der Waals surface area (Å²) >= 11 is 0. The topological polar surface area (TPSA) is 24.1 Å². The Morgan fingerprint density at radius 2 is 2.18 bits per heavy atom. The molecule has 2 heterocycles. The zero-order valence-corrected chi connectivity index (χ0v) is 11.3. The number of nitrogens with one attached hydrogen (secondary N) is 2. The van der Waals surface area contributed by atoms with Crippen molar-refractivity contribution < 1.29 is 0 Å². The van der Waals surface area contributed by atoms with E-state index < -0.39 is 0 Å². The van der Waals surface area contributed by atoms with Gasteiger partial charge in [-0.2, -0.15) is 0 Å². The molecule has 2 heteroatoms. The Bertz CT molecular complexity index is 315. The highest BCUT2D eigenvalue weighted by molar-refractivity contribution is 5.43. The van der Waals surface area contributed by atoms with Gasteiger partial charge in [0.25, 0.3) is 0 Å². The van der Waals surface area contributed by atoms with Crippen LogP contribution in [0.4, 0.5) is 0 Å². The van der Waals surface area contributed by atoms with E-state index in [1.807, 2.05) is 0 Å². The highest BCUT2D eigenvalue weighted by Crippen LogP contribution is 2.28. The smallest absolute Gasteiger partial charge is 0.0288 e. The van der Waals surface area contributed by atoms with Crippen LogP contribution in [0.25, 0.3) is 0 Å². The van der Waals surface area contributed by atoms with Gasteiger partial charge in [-0.1, -0.05) is 32.8 Å². The molecule has 0 spiro atoms. The van der Waals surface area contributed by atoms with Gasteiger partial charge in [-0.25, -0.2) is 0 Å². The molecule has 2 nitrogen and oxygen atoms in total. The molecule has 2 aliphatic rings. The predicted octanol–water partition coefficient (Wildman–Crippen LogP) is 2.77. The van der Waals surface area contributed by atoms with Crippen LogP contribution in [0.2, 0.25) is 0 Å². The third-order valence-corrected chi connectivity index (χ3v) is 3.98. The van der Waals surface area contributed by atoms with Gasteiger partial charge in [0, 0.05) is 19.1 Å². The van der Waals surface area contributed by atoms with E-state index in [1.54, 1.807) is 16.7 Å². The van der Waals surface area contributed by atoms with Crippen LogP contribution in [-0.2, 0) is 0 Å². The van der Waals surface area contributed by atoms with E-state index in [-0.39, 0.29) is 0 Å². The molecule has 0 amide bonds. The van der Waals surface area contributed by atoms with Crippen molar-refractivity contribution in [1.29, 1.82) is 0 Å². The molecule has 0 aromatic rings. The molecule has 2 rings (SSSR count). The van der Waals surface area contributed by atoms with Gasteiger partial charge in [-0.15, -0.1) is 0 Å². The van der Waals surface area contributed by atoms with Crippen LogP contribution in [0, 0.1) is 0 Å². The number of unbranched alkanes of at least 4 members (excludes halogenated alkanes) is 1. The summed E-state index contributed by atoms with van der Waals surface area (Å²) in [6.07, 6.45) is 8.78. The summed E-state index contributed by atoms with van der Waals surface area (Å²) in [6.45, 7) is 7.88. The van der Waals surface area contributed by atoms with Gasteiger partial charge in [0.15, 0.2) is 0 Å². The first-order valence-corrected chi connectivity index (χ1v) is 7.22. The second-order valence-electron chi connectivity index (χ2n) is 5.13. The molecule has 0 aromatic heterocycles. The Hall–Kier alpha value is -0.600. The van der Waals surface area contributed by atoms with Gasteiger partial charge in [0.2, 0.25) is 0 Å².